The van der Waals surface area contributed by atoms with Gasteiger partial charge >= 0.3 is 0 Å². The van der Waals surface area contributed by atoms with E-state index in [2.05, 4.69) is 23.5 Å². The summed E-state index contributed by atoms with van der Waals surface area (Å²) in [6, 6.07) is 2.24. The first-order valence-corrected chi connectivity index (χ1v) is 5.56. The Morgan fingerprint density at radius 1 is 1.27 bits per heavy atom. The van der Waals surface area contributed by atoms with Crippen molar-refractivity contribution in [2.45, 2.75) is 12.8 Å². The summed E-state index contributed by atoms with van der Waals surface area (Å²) in [5, 5.41) is 12.4. The van der Waals surface area contributed by atoms with Crippen molar-refractivity contribution in [2.75, 3.05) is 13.1 Å². The third-order valence-corrected chi connectivity index (χ3v) is 4.75. The number of nitrogens with zero attached hydrogens (tertiary/aromatic N) is 1. The first-order valence-electron chi connectivity index (χ1n) is 5.56. The van der Waals surface area contributed by atoms with Gasteiger partial charge in [-0.1, -0.05) is 17.7 Å². The number of hydrogen-bond acceptors (Lipinski definition) is 2. The summed E-state index contributed by atoms with van der Waals surface area (Å²) in [7, 11) is 0. The van der Waals surface area contributed by atoms with Crippen molar-refractivity contribution < 1.29 is 0 Å². The maximum atomic E-state index is 8.89. The molecular weight excluding hydrogens is 184 g/mol. The van der Waals surface area contributed by atoms with E-state index in [4.69, 9.17) is 5.26 Å². The SMILES string of the molecule is N#CC1=CCC2=C(C=C1)C13CNCC21C3. The summed E-state index contributed by atoms with van der Waals surface area (Å²) in [6.45, 7) is 2.31. The second-order valence-electron chi connectivity index (χ2n) is 5.15. The summed E-state index contributed by atoms with van der Waals surface area (Å²) in [4.78, 5) is 0. The van der Waals surface area contributed by atoms with Crippen molar-refractivity contribution in [1.29, 1.82) is 5.26 Å². The van der Waals surface area contributed by atoms with Crippen LogP contribution >= 0.6 is 0 Å². The van der Waals surface area contributed by atoms with Crippen molar-refractivity contribution in [3.8, 4) is 6.07 Å². The van der Waals surface area contributed by atoms with Gasteiger partial charge in [0, 0.05) is 29.5 Å². The van der Waals surface area contributed by atoms with Crippen LogP contribution in [0.3, 0.4) is 0 Å². The molecule has 2 nitrogen and oxygen atoms in total. The van der Waals surface area contributed by atoms with E-state index in [0.29, 0.717) is 10.8 Å². The lowest BCUT2D eigenvalue weighted by atomic mass is 9.69. The van der Waals surface area contributed by atoms with Crippen LogP contribution in [0.2, 0.25) is 0 Å². The van der Waals surface area contributed by atoms with Gasteiger partial charge in [0.1, 0.15) is 0 Å². The van der Waals surface area contributed by atoms with Gasteiger partial charge in [-0.05, 0) is 24.5 Å². The minimum atomic E-state index is 0.484. The Hall–Kier alpha value is -1.33. The highest BCUT2D eigenvalue weighted by molar-refractivity contribution is 5.64. The molecule has 74 valence electrons. The molecular formula is C13H12N2. The third-order valence-electron chi connectivity index (χ3n) is 4.75. The topological polar surface area (TPSA) is 35.8 Å². The number of piperidine rings is 1. The van der Waals surface area contributed by atoms with Gasteiger partial charge in [-0.2, -0.15) is 5.26 Å². The molecule has 1 aliphatic heterocycles. The first kappa shape index (κ1) is 7.90. The number of nitriles is 1. The fourth-order valence-corrected chi connectivity index (χ4v) is 3.96. The summed E-state index contributed by atoms with van der Waals surface area (Å²) >= 11 is 0. The van der Waals surface area contributed by atoms with Crippen LogP contribution in [-0.2, 0) is 0 Å². The van der Waals surface area contributed by atoms with Crippen molar-refractivity contribution in [3.05, 3.63) is 34.9 Å². The van der Waals surface area contributed by atoms with E-state index in [9.17, 15) is 0 Å². The van der Waals surface area contributed by atoms with E-state index in [-0.39, 0.29) is 0 Å². The molecule has 2 unspecified atom stereocenters. The zero-order valence-corrected chi connectivity index (χ0v) is 8.51. The first-order chi connectivity index (χ1) is 7.32. The lowest BCUT2D eigenvalue weighted by Crippen LogP contribution is -2.28. The molecule has 0 aromatic heterocycles. The number of allylic oxidation sites excluding steroid dienone is 4. The minimum absolute atomic E-state index is 0.484. The molecule has 3 aliphatic carbocycles. The van der Waals surface area contributed by atoms with Gasteiger partial charge in [0.05, 0.1) is 6.07 Å². The zero-order chi connectivity index (χ0) is 10.1. The highest BCUT2D eigenvalue weighted by Crippen LogP contribution is 2.82. The Labute approximate surface area is 89.0 Å². The van der Waals surface area contributed by atoms with Crippen LogP contribution in [-0.4, -0.2) is 13.1 Å². The van der Waals surface area contributed by atoms with E-state index in [1.165, 1.54) is 12.0 Å². The van der Waals surface area contributed by atoms with Crippen LogP contribution in [0.15, 0.2) is 34.9 Å². The summed E-state index contributed by atoms with van der Waals surface area (Å²) in [5.74, 6) is 0. The van der Waals surface area contributed by atoms with Gasteiger partial charge in [-0.3, -0.25) is 0 Å². The maximum Gasteiger partial charge on any atom is 0.0988 e. The van der Waals surface area contributed by atoms with Crippen LogP contribution in [0.25, 0.3) is 0 Å². The molecule has 1 heterocycles. The van der Waals surface area contributed by atoms with Crippen LogP contribution in [0.5, 0.6) is 0 Å². The van der Waals surface area contributed by atoms with Gasteiger partial charge in [-0.15, -0.1) is 0 Å². The Bertz CT molecular complexity index is 503. The van der Waals surface area contributed by atoms with Crippen LogP contribution in [0, 0.1) is 22.2 Å². The average molecular weight is 196 g/mol. The maximum absolute atomic E-state index is 8.89. The molecule has 0 bridgehead atoms. The van der Waals surface area contributed by atoms with Gasteiger partial charge in [0.25, 0.3) is 0 Å². The number of nitrogens with one attached hydrogen (secondary N) is 1. The van der Waals surface area contributed by atoms with Gasteiger partial charge < -0.3 is 5.32 Å². The quantitative estimate of drug-likeness (QED) is 0.640. The normalized spacial score (nSPS) is 44.3. The van der Waals surface area contributed by atoms with Gasteiger partial charge in [0.2, 0.25) is 0 Å². The van der Waals surface area contributed by atoms with Crippen LogP contribution < -0.4 is 5.32 Å². The van der Waals surface area contributed by atoms with Crippen molar-refractivity contribution in [1.82, 2.24) is 5.32 Å². The smallest absolute Gasteiger partial charge is 0.0988 e. The molecule has 1 N–H and O–H groups in total. The van der Waals surface area contributed by atoms with Crippen molar-refractivity contribution in [3.63, 3.8) is 0 Å². The standard InChI is InChI=1S/C13H12N2/c14-5-9-1-3-10-11(4-2-9)13-6-12(10,13)7-15-8-13/h1-3,15H,4,6-8H2. The van der Waals surface area contributed by atoms with E-state index in [1.54, 1.807) is 5.57 Å². The molecule has 4 rings (SSSR count). The molecule has 0 radical (unpaired) electrons. The van der Waals surface area contributed by atoms with Crippen LogP contribution in [0.1, 0.15) is 12.8 Å². The molecule has 4 aliphatic rings. The Balaban J connectivity index is 1.80. The molecule has 0 spiro atoms. The fraction of sp³-hybridized carbons (Fsp3) is 0.462. The molecule has 0 aromatic carbocycles. The highest BCUT2D eigenvalue weighted by Gasteiger charge is 2.79. The summed E-state index contributed by atoms with van der Waals surface area (Å²) in [6.07, 6.45) is 8.60. The molecule has 2 fully saturated rings. The molecule has 15 heavy (non-hydrogen) atoms. The number of rotatable bonds is 0. The Morgan fingerprint density at radius 3 is 3.00 bits per heavy atom. The zero-order valence-electron chi connectivity index (χ0n) is 8.51. The van der Waals surface area contributed by atoms with Crippen molar-refractivity contribution in [2.24, 2.45) is 10.8 Å². The second kappa shape index (κ2) is 2.10. The monoisotopic (exact) mass is 196 g/mol. The van der Waals surface area contributed by atoms with E-state index in [1.807, 2.05) is 6.08 Å². The van der Waals surface area contributed by atoms with Gasteiger partial charge in [-0.25, -0.2) is 0 Å². The largest absolute Gasteiger partial charge is 0.315 e. The van der Waals surface area contributed by atoms with Gasteiger partial charge in [0.15, 0.2) is 0 Å². The lowest BCUT2D eigenvalue weighted by molar-refractivity contribution is 0.463. The van der Waals surface area contributed by atoms with E-state index >= 15 is 0 Å². The summed E-state index contributed by atoms with van der Waals surface area (Å²) in [5.41, 5.74) is 4.96. The average Bonchev–Trinajstić information content (AvgIpc) is 2.80. The minimum Gasteiger partial charge on any atom is -0.315 e. The molecule has 0 aromatic rings. The molecule has 1 saturated carbocycles. The third kappa shape index (κ3) is 0.635. The predicted octanol–water partition coefficient (Wildman–Crippen LogP) is 1.69. The molecule has 0 amide bonds. The predicted molar refractivity (Wildman–Crippen MR) is 56.8 cm³/mol. The Morgan fingerprint density at radius 2 is 2.13 bits per heavy atom. The van der Waals surface area contributed by atoms with E-state index < -0.39 is 0 Å². The second-order valence-corrected chi connectivity index (χ2v) is 5.15. The van der Waals surface area contributed by atoms with Crippen LogP contribution in [0.4, 0.5) is 0 Å². The number of hydrogen-bond donors (Lipinski definition) is 1. The molecule has 1 saturated heterocycles. The van der Waals surface area contributed by atoms with E-state index in [0.717, 1.165) is 25.1 Å². The Kier molecular flexibility index (Phi) is 1.11. The summed E-state index contributed by atoms with van der Waals surface area (Å²) < 4.78 is 0. The fourth-order valence-electron chi connectivity index (χ4n) is 3.96. The molecule has 2 heteroatoms. The molecule has 2 atom stereocenters. The lowest BCUT2D eigenvalue weighted by Gasteiger charge is -2.34. The highest BCUT2D eigenvalue weighted by atomic mass is 15.1. The van der Waals surface area contributed by atoms with Crippen molar-refractivity contribution >= 4 is 0 Å².